The number of methoxy groups -OCH3 is 1. The van der Waals surface area contributed by atoms with E-state index in [9.17, 15) is 14.4 Å². The standard InChI is InChI=1S/C25H24N4O4/c1-3-23(30)27-18-11-14-22-21(15-18)25(32)29(19-7-5-4-6-8-19)28(22)16-24(31)26-17-9-12-20(33-2)13-10-17/h4-15H,3,16H2,1-2H3,(H,26,31)(H,27,30). The van der Waals surface area contributed by atoms with Crippen LogP contribution in [-0.4, -0.2) is 28.3 Å². The first-order valence-corrected chi connectivity index (χ1v) is 10.5. The number of ether oxygens (including phenoxy) is 1. The predicted octanol–water partition coefficient (Wildman–Crippen LogP) is 3.79. The van der Waals surface area contributed by atoms with Crippen molar-refractivity contribution in [3.05, 3.63) is 83.2 Å². The number of benzene rings is 3. The van der Waals surface area contributed by atoms with Gasteiger partial charge in [0.25, 0.3) is 5.56 Å². The Labute approximate surface area is 190 Å². The number of nitrogens with zero attached hydrogens (tertiary/aromatic N) is 2. The van der Waals surface area contributed by atoms with Crippen LogP contribution < -0.4 is 20.9 Å². The maximum atomic E-state index is 13.4. The highest BCUT2D eigenvalue weighted by Crippen LogP contribution is 2.21. The molecule has 2 amide bonds. The van der Waals surface area contributed by atoms with Crippen LogP contribution in [-0.2, 0) is 16.1 Å². The molecule has 2 N–H and O–H groups in total. The monoisotopic (exact) mass is 444 g/mol. The minimum absolute atomic E-state index is 0.0830. The van der Waals surface area contributed by atoms with Crippen LogP contribution in [0.25, 0.3) is 16.6 Å². The Bertz CT molecular complexity index is 1360. The highest BCUT2D eigenvalue weighted by molar-refractivity contribution is 5.95. The average molecular weight is 444 g/mol. The second kappa shape index (κ2) is 9.44. The molecule has 1 aromatic heterocycles. The Morgan fingerprint density at radius 1 is 0.879 bits per heavy atom. The number of amides is 2. The SMILES string of the molecule is CCC(=O)Nc1ccc2c(c1)c(=O)n(-c1ccccc1)n2CC(=O)Nc1ccc(OC)cc1. The number of hydrogen-bond acceptors (Lipinski definition) is 4. The van der Waals surface area contributed by atoms with Crippen LogP contribution in [0.5, 0.6) is 5.75 Å². The van der Waals surface area contributed by atoms with Crippen LogP contribution >= 0.6 is 0 Å². The zero-order valence-electron chi connectivity index (χ0n) is 18.4. The highest BCUT2D eigenvalue weighted by Gasteiger charge is 2.18. The van der Waals surface area contributed by atoms with E-state index in [1.807, 2.05) is 18.2 Å². The second-order valence-electron chi connectivity index (χ2n) is 7.42. The maximum absolute atomic E-state index is 13.4. The van der Waals surface area contributed by atoms with Crippen molar-refractivity contribution in [1.82, 2.24) is 9.36 Å². The van der Waals surface area contributed by atoms with Crippen molar-refractivity contribution in [2.75, 3.05) is 17.7 Å². The van der Waals surface area contributed by atoms with E-state index < -0.39 is 0 Å². The lowest BCUT2D eigenvalue weighted by molar-refractivity contribution is -0.117. The molecule has 0 radical (unpaired) electrons. The van der Waals surface area contributed by atoms with Crippen molar-refractivity contribution in [2.45, 2.75) is 19.9 Å². The molecule has 0 fully saturated rings. The first kappa shape index (κ1) is 21.9. The van der Waals surface area contributed by atoms with E-state index in [0.29, 0.717) is 40.1 Å². The fraction of sp³-hybridized carbons (Fsp3) is 0.160. The molecule has 0 aliphatic rings. The van der Waals surface area contributed by atoms with E-state index in [4.69, 9.17) is 4.74 Å². The van der Waals surface area contributed by atoms with Gasteiger partial charge in [0.15, 0.2) is 0 Å². The number of hydrogen-bond donors (Lipinski definition) is 2. The summed E-state index contributed by atoms with van der Waals surface area (Å²) in [5.41, 5.74) is 2.10. The molecule has 8 nitrogen and oxygen atoms in total. The van der Waals surface area contributed by atoms with Crippen molar-refractivity contribution in [3.63, 3.8) is 0 Å². The smallest absolute Gasteiger partial charge is 0.279 e. The number of carbonyl (C=O) groups is 2. The molecule has 0 bridgehead atoms. The van der Waals surface area contributed by atoms with Gasteiger partial charge < -0.3 is 15.4 Å². The molecule has 4 rings (SSSR count). The molecule has 0 unspecified atom stereocenters. The summed E-state index contributed by atoms with van der Waals surface area (Å²) in [5, 5.41) is 6.04. The van der Waals surface area contributed by atoms with E-state index >= 15 is 0 Å². The Kier molecular flexibility index (Phi) is 6.26. The van der Waals surface area contributed by atoms with Gasteiger partial charge in [0.05, 0.1) is 23.7 Å². The molecule has 1 heterocycles. The van der Waals surface area contributed by atoms with E-state index in [0.717, 1.165) is 0 Å². The molecule has 0 aliphatic carbocycles. The average Bonchev–Trinajstić information content (AvgIpc) is 3.10. The summed E-state index contributed by atoms with van der Waals surface area (Å²) in [5.74, 6) is 0.259. The van der Waals surface area contributed by atoms with Gasteiger partial charge in [0.2, 0.25) is 11.8 Å². The first-order valence-electron chi connectivity index (χ1n) is 10.5. The third-order valence-electron chi connectivity index (χ3n) is 5.21. The van der Waals surface area contributed by atoms with E-state index in [2.05, 4.69) is 10.6 Å². The van der Waals surface area contributed by atoms with Gasteiger partial charge in [-0.1, -0.05) is 25.1 Å². The number of aromatic nitrogens is 2. The number of nitrogens with one attached hydrogen (secondary N) is 2. The number of carbonyl (C=O) groups excluding carboxylic acids is 2. The van der Waals surface area contributed by atoms with E-state index in [1.54, 1.807) is 73.3 Å². The maximum Gasteiger partial charge on any atom is 0.279 e. The molecule has 4 aromatic rings. The lowest BCUT2D eigenvalue weighted by atomic mass is 10.2. The molecule has 8 heteroatoms. The van der Waals surface area contributed by atoms with Gasteiger partial charge in [-0.3, -0.25) is 19.1 Å². The second-order valence-corrected chi connectivity index (χ2v) is 7.42. The lowest BCUT2D eigenvalue weighted by Gasteiger charge is -2.13. The van der Waals surface area contributed by atoms with Crippen molar-refractivity contribution in [1.29, 1.82) is 0 Å². The molecule has 0 saturated carbocycles. The topological polar surface area (TPSA) is 94.4 Å². The molecular weight excluding hydrogens is 420 g/mol. The van der Waals surface area contributed by atoms with Crippen LogP contribution in [0.4, 0.5) is 11.4 Å². The molecule has 3 aromatic carbocycles. The van der Waals surface area contributed by atoms with Crippen LogP contribution in [0, 0.1) is 0 Å². The van der Waals surface area contributed by atoms with E-state index in [-0.39, 0.29) is 23.9 Å². The molecule has 33 heavy (non-hydrogen) atoms. The number of fused-ring (bicyclic) bond motifs is 1. The van der Waals surface area contributed by atoms with Gasteiger partial charge in [0.1, 0.15) is 12.3 Å². The highest BCUT2D eigenvalue weighted by atomic mass is 16.5. The third-order valence-corrected chi connectivity index (χ3v) is 5.21. The van der Waals surface area contributed by atoms with Gasteiger partial charge in [-0.25, -0.2) is 4.68 Å². The quantitative estimate of drug-likeness (QED) is 0.454. The molecule has 168 valence electrons. The van der Waals surface area contributed by atoms with Gasteiger partial charge in [-0.2, -0.15) is 0 Å². The summed E-state index contributed by atoms with van der Waals surface area (Å²) < 4.78 is 8.26. The largest absolute Gasteiger partial charge is 0.497 e. The Morgan fingerprint density at radius 3 is 2.21 bits per heavy atom. The predicted molar refractivity (Wildman–Crippen MR) is 128 cm³/mol. The number of anilines is 2. The summed E-state index contributed by atoms with van der Waals surface area (Å²) in [6.07, 6.45) is 0.332. The van der Waals surface area contributed by atoms with Crippen LogP contribution in [0.1, 0.15) is 13.3 Å². The van der Waals surface area contributed by atoms with Gasteiger partial charge in [-0.05, 0) is 54.6 Å². The van der Waals surface area contributed by atoms with E-state index in [1.165, 1.54) is 4.68 Å². The van der Waals surface area contributed by atoms with Crippen LogP contribution in [0.3, 0.4) is 0 Å². The fourth-order valence-electron chi connectivity index (χ4n) is 3.58. The Hall–Kier alpha value is -4.33. The molecular formula is C25H24N4O4. The van der Waals surface area contributed by atoms with Gasteiger partial charge in [-0.15, -0.1) is 0 Å². The fourth-order valence-corrected chi connectivity index (χ4v) is 3.58. The zero-order valence-corrected chi connectivity index (χ0v) is 18.4. The first-order chi connectivity index (χ1) is 16.0. The third kappa shape index (κ3) is 4.64. The van der Waals surface area contributed by atoms with Crippen molar-refractivity contribution < 1.29 is 14.3 Å². The van der Waals surface area contributed by atoms with Gasteiger partial charge in [0, 0.05) is 17.8 Å². The molecule has 0 atom stereocenters. The molecule has 0 saturated heterocycles. The zero-order chi connectivity index (χ0) is 23.4. The molecule has 0 aliphatic heterocycles. The summed E-state index contributed by atoms with van der Waals surface area (Å²) in [4.78, 5) is 38.0. The Morgan fingerprint density at radius 2 is 1.55 bits per heavy atom. The summed E-state index contributed by atoms with van der Waals surface area (Å²) in [6, 6.07) is 21.2. The van der Waals surface area contributed by atoms with Gasteiger partial charge >= 0.3 is 0 Å². The lowest BCUT2D eigenvalue weighted by Crippen LogP contribution is -2.27. The molecule has 0 spiro atoms. The number of rotatable bonds is 7. The summed E-state index contributed by atoms with van der Waals surface area (Å²) >= 11 is 0. The minimum atomic E-state index is -0.287. The number of para-hydroxylation sites is 1. The summed E-state index contributed by atoms with van der Waals surface area (Å²) in [6.45, 7) is 1.68. The van der Waals surface area contributed by atoms with Crippen LogP contribution in [0.2, 0.25) is 0 Å². The van der Waals surface area contributed by atoms with Crippen molar-refractivity contribution in [3.8, 4) is 11.4 Å². The minimum Gasteiger partial charge on any atom is -0.497 e. The Balaban J connectivity index is 1.73. The van der Waals surface area contributed by atoms with Crippen molar-refractivity contribution in [2.24, 2.45) is 0 Å². The summed E-state index contributed by atoms with van der Waals surface area (Å²) in [7, 11) is 1.58. The van der Waals surface area contributed by atoms with Crippen molar-refractivity contribution >= 4 is 34.1 Å². The van der Waals surface area contributed by atoms with Crippen LogP contribution in [0.15, 0.2) is 77.6 Å². The normalized spacial score (nSPS) is 10.7.